The van der Waals surface area contributed by atoms with Crippen LogP contribution in [0, 0.1) is 6.92 Å². The Hall–Kier alpha value is -1.11. The van der Waals surface area contributed by atoms with Gasteiger partial charge in [-0.15, -0.1) is 0 Å². The highest BCUT2D eigenvalue weighted by Gasteiger charge is 2.30. The second-order valence-corrected chi connectivity index (χ2v) is 11.4. The fourth-order valence-electron chi connectivity index (χ4n) is 3.46. The van der Waals surface area contributed by atoms with Gasteiger partial charge >= 0.3 is 0 Å². The lowest BCUT2D eigenvalue weighted by Crippen LogP contribution is -2.48. The van der Waals surface area contributed by atoms with Gasteiger partial charge in [-0.2, -0.15) is 4.31 Å². The van der Waals surface area contributed by atoms with Crippen molar-refractivity contribution in [2.45, 2.75) is 44.6 Å². The molecule has 0 saturated carbocycles. The number of hydrogen-bond acceptors (Lipinski definition) is 3. The van der Waals surface area contributed by atoms with Crippen molar-refractivity contribution in [2.75, 3.05) is 26.2 Å². The van der Waals surface area contributed by atoms with Crippen LogP contribution in [0.4, 0.5) is 0 Å². The van der Waals surface area contributed by atoms with E-state index in [1.807, 2.05) is 0 Å². The largest absolute Gasteiger partial charge is 0.296 e. The van der Waals surface area contributed by atoms with Gasteiger partial charge in [-0.3, -0.25) is 4.90 Å². The maximum absolute atomic E-state index is 13.0. The van der Waals surface area contributed by atoms with E-state index in [4.69, 9.17) is 23.2 Å². The van der Waals surface area contributed by atoms with Crippen LogP contribution < -0.4 is 0 Å². The average molecular weight is 455 g/mol. The first-order chi connectivity index (χ1) is 13.5. The summed E-state index contributed by atoms with van der Waals surface area (Å²) >= 11 is 12.2. The predicted octanol–water partition coefficient (Wildman–Crippen LogP) is 5.11. The summed E-state index contributed by atoms with van der Waals surface area (Å²) in [4.78, 5) is 2.42. The number of rotatable bonds is 4. The van der Waals surface area contributed by atoms with Gasteiger partial charge in [0.15, 0.2) is 0 Å². The minimum atomic E-state index is -3.63. The second kappa shape index (κ2) is 8.56. The summed E-state index contributed by atoms with van der Waals surface area (Å²) in [6.45, 7) is 11.5. The minimum Gasteiger partial charge on any atom is -0.296 e. The molecule has 0 aromatic heterocycles. The van der Waals surface area contributed by atoms with Crippen molar-refractivity contribution in [3.8, 4) is 0 Å². The molecule has 1 aliphatic heterocycles. The van der Waals surface area contributed by atoms with Crippen LogP contribution >= 0.6 is 23.2 Å². The van der Waals surface area contributed by atoms with Crippen molar-refractivity contribution in [3.63, 3.8) is 0 Å². The van der Waals surface area contributed by atoms with Gasteiger partial charge < -0.3 is 0 Å². The van der Waals surface area contributed by atoms with Crippen LogP contribution in [0.25, 0.3) is 0 Å². The number of piperazine rings is 1. The van der Waals surface area contributed by atoms with E-state index in [2.05, 4.69) is 49.9 Å². The molecular weight excluding hydrogens is 427 g/mol. The highest BCUT2D eigenvalue weighted by Crippen LogP contribution is 2.31. The number of benzene rings is 2. The SMILES string of the molecule is Cc1cc(S(=O)(=O)N2CCN(Cc3ccc(C(C)(C)C)cc3)CC2)c(Cl)cc1Cl. The number of sulfonamides is 1. The first-order valence-corrected chi connectivity index (χ1v) is 12.0. The summed E-state index contributed by atoms with van der Waals surface area (Å²) in [7, 11) is -3.63. The Morgan fingerprint density at radius 2 is 1.52 bits per heavy atom. The second-order valence-electron chi connectivity index (χ2n) is 8.66. The molecule has 4 nitrogen and oxygen atoms in total. The standard InChI is InChI=1S/C22H28Cl2N2O2S/c1-16-13-21(20(24)14-19(16)23)29(27,28)26-11-9-25(10-12-26)15-17-5-7-18(8-6-17)22(2,3)4/h5-8,13-14H,9-12,15H2,1-4H3. The Morgan fingerprint density at radius 1 is 0.931 bits per heavy atom. The third kappa shape index (κ3) is 5.15. The zero-order valence-electron chi connectivity index (χ0n) is 17.4. The van der Waals surface area contributed by atoms with Crippen molar-refractivity contribution < 1.29 is 8.42 Å². The van der Waals surface area contributed by atoms with Crippen molar-refractivity contribution in [3.05, 3.63) is 63.1 Å². The van der Waals surface area contributed by atoms with E-state index in [0.29, 0.717) is 36.8 Å². The Bertz CT molecular complexity index is 975. The molecule has 1 fully saturated rings. The molecule has 0 atom stereocenters. The summed E-state index contributed by atoms with van der Waals surface area (Å²) in [5.74, 6) is 0. The number of hydrogen-bond donors (Lipinski definition) is 0. The molecule has 0 amide bonds. The third-order valence-electron chi connectivity index (χ3n) is 5.39. The lowest BCUT2D eigenvalue weighted by Gasteiger charge is -2.34. The molecule has 0 unspecified atom stereocenters. The zero-order chi connectivity index (χ0) is 21.4. The molecule has 1 saturated heterocycles. The Balaban J connectivity index is 1.65. The highest BCUT2D eigenvalue weighted by atomic mass is 35.5. The molecule has 0 spiro atoms. The summed E-state index contributed by atoms with van der Waals surface area (Å²) in [5.41, 5.74) is 3.39. The van der Waals surface area contributed by atoms with Crippen LogP contribution in [0.2, 0.25) is 10.0 Å². The number of nitrogens with zero attached hydrogens (tertiary/aromatic N) is 2. The molecule has 0 radical (unpaired) electrons. The Kier molecular flexibility index (Phi) is 6.66. The molecule has 0 N–H and O–H groups in total. The van der Waals surface area contributed by atoms with E-state index < -0.39 is 10.0 Å². The third-order valence-corrected chi connectivity index (χ3v) is 8.16. The molecule has 0 aliphatic carbocycles. The molecular formula is C22H28Cl2N2O2S. The number of halogens is 2. The van der Waals surface area contributed by atoms with Gasteiger partial charge in [-0.05, 0) is 41.2 Å². The van der Waals surface area contributed by atoms with E-state index in [1.165, 1.54) is 21.5 Å². The maximum atomic E-state index is 13.0. The fraction of sp³-hybridized carbons (Fsp3) is 0.455. The van der Waals surface area contributed by atoms with Crippen molar-refractivity contribution >= 4 is 33.2 Å². The van der Waals surface area contributed by atoms with Crippen LogP contribution in [0.5, 0.6) is 0 Å². The van der Waals surface area contributed by atoms with Gasteiger partial charge in [0.05, 0.1) is 5.02 Å². The van der Waals surface area contributed by atoms with E-state index in [1.54, 1.807) is 13.0 Å². The number of aryl methyl sites for hydroxylation is 1. The smallest absolute Gasteiger partial charge is 0.244 e. The highest BCUT2D eigenvalue weighted by molar-refractivity contribution is 7.89. The van der Waals surface area contributed by atoms with Gasteiger partial charge in [0.2, 0.25) is 10.0 Å². The molecule has 3 rings (SSSR count). The molecule has 0 bridgehead atoms. The fourth-order valence-corrected chi connectivity index (χ4v) is 5.69. The van der Waals surface area contributed by atoms with Gasteiger partial charge in [-0.25, -0.2) is 8.42 Å². The van der Waals surface area contributed by atoms with Crippen LogP contribution in [0.1, 0.15) is 37.5 Å². The average Bonchev–Trinajstić information content (AvgIpc) is 2.65. The summed E-state index contributed by atoms with van der Waals surface area (Å²) < 4.78 is 27.6. The van der Waals surface area contributed by atoms with Crippen LogP contribution in [0.3, 0.4) is 0 Å². The van der Waals surface area contributed by atoms with Gasteiger partial charge in [0, 0.05) is 37.7 Å². The summed E-state index contributed by atoms with van der Waals surface area (Å²) in [6.07, 6.45) is 0. The lowest BCUT2D eigenvalue weighted by atomic mass is 9.87. The zero-order valence-corrected chi connectivity index (χ0v) is 19.7. The first kappa shape index (κ1) is 22.6. The predicted molar refractivity (Wildman–Crippen MR) is 120 cm³/mol. The first-order valence-electron chi connectivity index (χ1n) is 9.76. The monoisotopic (exact) mass is 454 g/mol. The van der Waals surface area contributed by atoms with E-state index in [9.17, 15) is 8.42 Å². The molecule has 7 heteroatoms. The van der Waals surface area contributed by atoms with E-state index in [-0.39, 0.29) is 15.3 Å². The Morgan fingerprint density at radius 3 is 2.07 bits per heavy atom. The molecule has 2 aromatic rings. The normalized spacial score (nSPS) is 16.9. The van der Waals surface area contributed by atoms with E-state index in [0.717, 1.165) is 6.54 Å². The maximum Gasteiger partial charge on any atom is 0.244 e. The summed E-state index contributed by atoms with van der Waals surface area (Å²) in [5, 5.41) is 0.637. The van der Waals surface area contributed by atoms with E-state index >= 15 is 0 Å². The van der Waals surface area contributed by atoms with Gasteiger partial charge in [-0.1, -0.05) is 68.2 Å². The van der Waals surface area contributed by atoms with Crippen LogP contribution in [-0.4, -0.2) is 43.8 Å². The van der Waals surface area contributed by atoms with Crippen molar-refractivity contribution in [2.24, 2.45) is 0 Å². The molecule has 1 heterocycles. The van der Waals surface area contributed by atoms with Crippen molar-refractivity contribution in [1.29, 1.82) is 0 Å². The quantitative estimate of drug-likeness (QED) is 0.644. The lowest BCUT2D eigenvalue weighted by molar-refractivity contribution is 0.181. The molecule has 1 aliphatic rings. The van der Waals surface area contributed by atoms with Gasteiger partial charge in [0.1, 0.15) is 4.90 Å². The molecule has 29 heavy (non-hydrogen) atoms. The molecule has 158 valence electrons. The minimum absolute atomic E-state index is 0.132. The van der Waals surface area contributed by atoms with Crippen LogP contribution in [-0.2, 0) is 22.0 Å². The summed E-state index contributed by atoms with van der Waals surface area (Å²) in [6, 6.07) is 11.8. The van der Waals surface area contributed by atoms with Crippen molar-refractivity contribution in [1.82, 2.24) is 9.21 Å². The van der Waals surface area contributed by atoms with Crippen LogP contribution in [0.15, 0.2) is 41.3 Å². The topological polar surface area (TPSA) is 40.6 Å². The van der Waals surface area contributed by atoms with Gasteiger partial charge in [0.25, 0.3) is 0 Å². The Labute approximate surface area is 184 Å². The molecule has 2 aromatic carbocycles.